The molecule has 0 radical (unpaired) electrons. The zero-order valence-electron chi connectivity index (χ0n) is 11.6. The monoisotopic (exact) mass is 323 g/mol. The van der Waals surface area contributed by atoms with Crippen LogP contribution in [-0.4, -0.2) is 43.2 Å². The van der Waals surface area contributed by atoms with Gasteiger partial charge in [0, 0.05) is 11.9 Å². The van der Waals surface area contributed by atoms with Crippen molar-refractivity contribution < 1.29 is 23.9 Å². The van der Waals surface area contributed by atoms with E-state index >= 15 is 0 Å². The van der Waals surface area contributed by atoms with Gasteiger partial charge in [-0.3, -0.25) is 14.9 Å². The number of hydrogen-bond acceptors (Lipinski definition) is 6. The lowest BCUT2D eigenvalue weighted by atomic mass is 10.2. The van der Waals surface area contributed by atoms with Crippen LogP contribution in [0.15, 0.2) is 23.1 Å². The lowest BCUT2D eigenvalue weighted by Crippen LogP contribution is -2.39. The SMILES string of the molecule is CNC(=O)NC(=O)COC(=O)c1ccc2c(c1)NC(=O)CS2. The maximum Gasteiger partial charge on any atom is 0.338 e. The number of hydrogen-bond donors (Lipinski definition) is 3. The van der Waals surface area contributed by atoms with Crippen molar-refractivity contribution in [1.82, 2.24) is 10.6 Å². The fourth-order valence-corrected chi connectivity index (χ4v) is 2.44. The summed E-state index contributed by atoms with van der Waals surface area (Å²) in [5.74, 6) is -1.28. The van der Waals surface area contributed by atoms with E-state index in [1.54, 1.807) is 12.1 Å². The molecule has 1 aliphatic rings. The van der Waals surface area contributed by atoms with Crippen molar-refractivity contribution in [2.75, 3.05) is 24.7 Å². The molecule has 1 aromatic rings. The van der Waals surface area contributed by atoms with Gasteiger partial charge in [0.2, 0.25) is 5.91 Å². The lowest BCUT2D eigenvalue weighted by molar-refractivity contribution is -0.123. The molecule has 9 heteroatoms. The van der Waals surface area contributed by atoms with Gasteiger partial charge in [0.1, 0.15) is 0 Å². The molecule has 0 fully saturated rings. The quantitative estimate of drug-likeness (QED) is 0.691. The zero-order valence-corrected chi connectivity index (χ0v) is 12.4. The van der Waals surface area contributed by atoms with E-state index in [9.17, 15) is 19.2 Å². The topological polar surface area (TPSA) is 114 Å². The van der Waals surface area contributed by atoms with Gasteiger partial charge >= 0.3 is 12.0 Å². The van der Waals surface area contributed by atoms with Crippen molar-refractivity contribution in [2.24, 2.45) is 0 Å². The number of esters is 1. The molecular formula is C13H13N3O5S. The van der Waals surface area contributed by atoms with E-state index in [0.717, 1.165) is 4.90 Å². The summed E-state index contributed by atoms with van der Waals surface area (Å²) in [5.41, 5.74) is 0.736. The van der Waals surface area contributed by atoms with E-state index < -0.39 is 24.5 Å². The van der Waals surface area contributed by atoms with Gasteiger partial charge in [-0.15, -0.1) is 11.8 Å². The van der Waals surface area contributed by atoms with Crippen LogP contribution in [0.1, 0.15) is 10.4 Å². The second-order valence-electron chi connectivity index (χ2n) is 4.25. The zero-order chi connectivity index (χ0) is 16.1. The third-order valence-electron chi connectivity index (χ3n) is 2.66. The molecule has 22 heavy (non-hydrogen) atoms. The molecule has 1 heterocycles. The van der Waals surface area contributed by atoms with Crippen molar-refractivity contribution in [1.29, 1.82) is 0 Å². The van der Waals surface area contributed by atoms with Crippen molar-refractivity contribution in [3.05, 3.63) is 23.8 Å². The Balaban J connectivity index is 1.96. The molecule has 0 aliphatic carbocycles. The minimum Gasteiger partial charge on any atom is -0.452 e. The average Bonchev–Trinajstić information content (AvgIpc) is 2.51. The maximum absolute atomic E-state index is 11.8. The Morgan fingerprint density at radius 3 is 2.86 bits per heavy atom. The highest BCUT2D eigenvalue weighted by atomic mass is 32.2. The summed E-state index contributed by atoms with van der Waals surface area (Å²) in [7, 11) is 1.36. The Labute approximate surface area is 130 Å². The fourth-order valence-electron chi connectivity index (χ4n) is 1.65. The highest BCUT2D eigenvalue weighted by Gasteiger charge is 2.18. The predicted molar refractivity (Wildman–Crippen MR) is 78.7 cm³/mol. The third kappa shape index (κ3) is 3.98. The number of urea groups is 1. The Hall–Kier alpha value is -2.55. The number of nitrogens with one attached hydrogen (secondary N) is 3. The molecule has 2 rings (SSSR count). The van der Waals surface area contributed by atoms with Crippen LogP contribution in [-0.2, 0) is 14.3 Å². The highest BCUT2D eigenvalue weighted by molar-refractivity contribution is 8.00. The second kappa shape index (κ2) is 6.94. The van der Waals surface area contributed by atoms with E-state index in [4.69, 9.17) is 4.74 Å². The molecule has 0 spiro atoms. The van der Waals surface area contributed by atoms with Crippen LogP contribution in [0.25, 0.3) is 0 Å². The van der Waals surface area contributed by atoms with Crippen LogP contribution in [0.2, 0.25) is 0 Å². The van der Waals surface area contributed by atoms with E-state index in [1.807, 2.05) is 5.32 Å². The number of anilines is 1. The first-order valence-electron chi connectivity index (χ1n) is 6.25. The fraction of sp³-hybridized carbons (Fsp3) is 0.231. The standard InChI is InChI=1S/C13H13N3O5S/c1-14-13(20)16-10(17)5-21-12(19)7-2-3-9-8(4-7)15-11(18)6-22-9/h2-4H,5-6H2,1H3,(H,15,18)(H2,14,16,17,20). The summed E-state index contributed by atoms with van der Waals surface area (Å²) in [5, 5.41) is 6.82. The number of carbonyl (C=O) groups excluding carboxylic acids is 4. The largest absolute Gasteiger partial charge is 0.452 e. The highest BCUT2D eigenvalue weighted by Crippen LogP contribution is 2.32. The first-order valence-corrected chi connectivity index (χ1v) is 7.23. The second-order valence-corrected chi connectivity index (χ2v) is 5.27. The van der Waals surface area contributed by atoms with Crippen molar-refractivity contribution in [3.63, 3.8) is 0 Å². The minimum atomic E-state index is -0.741. The van der Waals surface area contributed by atoms with Gasteiger partial charge in [-0.05, 0) is 18.2 Å². The number of benzene rings is 1. The van der Waals surface area contributed by atoms with E-state index in [0.29, 0.717) is 11.4 Å². The van der Waals surface area contributed by atoms with Gasteiger partial charge < -0.3 is 15.4 Å². The summed E-state index contributed by atoms with van der Waals surface area (Å²) < 4.78 is 4.80. The molecule has 8 nitrogen and oxygen atoms in total. The molecule has 1 aromatic carbocycles. The lowest BCUT2D eigenvalue weighted by Gasteiger charge is -2.16. The summed E-state index contributed by atoms with van der Waals surface area (Å²) in [6.45, 7) is -0.579. The van der Waals surface area contributed by atoms with Gasteiger partial charge in [-0.25, -0.2) is 9.59 Å². The van der Waals surface area contributed by atoms with E-state index in [2.05, 4.69) is 10.6 Å². The number of rotatable bonds is 3. The average molecular weight is 323 g/mol. The van der Waals surface area contributed by atoms with E-state index in [-0.39, 0.29) is 11.5 Å². The van der Waals surface area contributed by atoms with Gasteiger partial charge in [-0.1, -0.05) is 0 Å². The van der Waals surface area contributed by atoms with E-state index in [1.165, 1.54) is 24.9 Å². The molecule has 0 aromatic heterocycles. The Kier molecular flexibility index (Phi) is 4.99. The first kappa shape index (κ1) is 15.8. The van der Waals surface area contributed by atoms with Crippen LogP contribution in [0.4, 0.5) is 10.5 Å². The van der Waals surface area contributed by atoms with Crippen LogP contribution in [0, 0.1) is 0 Å². The van der Waals surface area contributed by atoms with Gasteiger partial charge in [-0.2, -0.15) is 0 Å². The van der Waals surface area contributed by atoms with Gasteiger partial charge in [0.05, 0.1) is 17.0 Å². The third-order valence-corrected chi connectivity index (χ3v) is 3.74. The molecule has 0 saturated heterocycles. The molecule has 0 saturated carbocycles. The molecule has 4 amide bonds. The minimum absolute atomic E-state index is 0.145. The van der Waals surface area contributed by atoms with Crippen molar-refractivity contribution in [3.8, 4) is 0 Å². The van der Waals surface area contributed by atoms with Crippen LogP contribution < -0.4 is 16.0 Å². The number of ether oxygens (including phenoxy) is 1. The maximum atomic E-state index is 11.8. The number of amides is 4. The molecule has 116 valence electrons. The normalized spacial score (nSPS) is 12.7. The predicted octanol–water partition coefficient (Wildman–Crippen LogP) is 0.343. The summed E-state index contributed by atoms with van der Waals surface area (Å²) in [6, 6.07) is 4.04. The van der Waals surface area contributed by atoms with Crippen LogP contribution in [0.3, 0.4) is 0 Å². The molecular weight excluding hydrogens is 310 g/mol. The Morgan fingerprint density at radius 1 is 1.36 bits per heavy atom. The number of fused-ring (bicyclic) bond motifs is 1. The summed E-state index contributed by atoms with van der Waals surface area (Å²) in [6.07, 6.45) is 0. The van der Waals surface area contributed by atoms with Crippen molar-refractivity contribution >= 4 is 41.3 Å². The van der Waals surface area contributed by atoms with Crippen LogP contribution >= 0.6 is 11.8 Å². The Bertz CT molecular complexity index is 647. The molecule has 3 N–H and O–H groups in total. The smallest absolute Gasteiger partial charge is 0.338 e. The van der Waals surface area contributed by atoms with Crippen LogP contribution in [0.5, 0.6) is 0 Å². The van der Waals surface area contributed by atoms with Gasteiger partial charge in [0.25, 0.3) is 5.91 Å². The molecule has 0 atom stereocenters. The number of carbonyl (C=O) groups is 4. The Morgan fingerprint density at radius 2 is 2.14 bits per heavy atom. The summed E-state index contributed by atoms with van der Waals surface area (Å²) in [4.78, 5) is 46.2. The molecule has 1 aliphatic heterocycles. The molecule has 0 unspecified atom stereocenters. The number of imide groups is 1. The number of thioether (sulfide) groups is 1. The summed E-state index contributed by atoms with van der Waals surface area (Å²) >= 11 is 1.37. The van der Waals surface area contributed by atoms with Gasteiger partial charge in [0.15, 0.2) is 6.61 Å². The first-order chi connectivity index (χ1) is 10.5. The molecule has 0 bridgehead atoms. The van der Waals surface area contributed by atoms with Crippen molar-refractivity contribution in [2.45, 2.75) is 4.90 Å².